The first kappa shape index (κ1) is 22.7. The van der Waals surface area contributed by atoms with Crippen molar-refractivity contribution in [2.24, 2.45) is 0 Å². The van der Waals surface area contributed by atoms with E-state index in [1.54, 1.807) is 18.2 Å². The highest BCUT2D eigenvalue weighted by atomic mass is 32.2. The number of nitrogens with one attached hydrogen (secondary N) is 1. The van der Waals surface area contributed by atoms with Gasteiger partial charge in [0.2, 0.25) is 0 Å². The average Bonchev–Trinajstić information content (AvgIpc) is 2.78. The molecule has 0 spiro atoms. The first-order chi connectivity index (χ1) is 14.8. The van der Waals surface area contributed by atoms with E-state index in [1.807, 2.05) is 4.90 Å². The van der Waals surface area contributed by atoms with Crippen LogP contribution in [0.3, 0.4) is 0 Å². The maximum atomic E-state index is 13.0. The zero-order chi connectivity index (χ0) is 22.6. The van der Waals surface area contributed by atoms with Gasteiger partial charge in [-0.2, -0.15) is 0 Å². The lowest BCUT2D eigenvalue weighted by molar-refractivity contribution is 0.0697. The van der Waals surface area contributed by atoms with Gasteiger partial charge in [0.25, 0.3) is 10.0 Å². The minimum atomic E-state index is -4.05. The molecule has 0 aromatic heterocycles. The lowest BCUT2D eigenvalue weighted by Gasteiger charge is -2.36. The van der Waals surface area contributed by atoms with E-state index < -0.39 is 16.0 Å². The summed E-state index contributed by atoms with van der Waals surface area (Å²) in [4.78, 5) is 16.1. The number of hydrogen-bond donors (Lipinski definition) is 2. The summed E-state index contributed by atoms with van der Waals surface area (Å²) in [6.45, 7) is 6.16. The van der Waals surface area contributed by atoms with Crippen LogP contribution in [0.2, 0.25) is 0 Å². The Kier molecular flexibility index (Phi) is 6.91. The normalized spacial score (nSPS) is 14.9. The van der Waals surface area contributed by atoms with Crippen molar-refractivity contribution in [3.05, 3.63) is 42.0 Å². The number of benzene rings is 2. The van der Waals surface area contributed by atoms with Crippen molar-refractivity contribution in [3.63, 3.8) is 0 Å². The van der Waals surface area contributed by atoms with Gasteiger partial charge in [-0.15, -0.1) is 0 Å². The van der Waals surface area contributed by atoms with Crippen molar-refractivity contribution in [1.29, 1.82) is 0 Å². The second kappa shape index (κ2) is 9.44. The number of aromatic carboxylic acids is 1. The molecular formula is C21H27N3O6S. The number of methoxy groups -OCH3 is 2. The van der Waals surface area contributed by atoms with Gasteiger partial charge in [-0.05, 0) is 36.9 Å². The Morgan fingerprint density at radius 2 is 1.77 bits per heavy atom. The molecule has 1 fully saturated rings. The first-order valence-corrected chi connectivity index (χ1v) is 11.4. The Morgan fingerprint density at radius 1 is 1.06 bits per heavy atom. The summed E-state index contributed by atoms with van der Waals surface area (Å²) in [6.07, 6.45) is 0. The summed E-state index contributed by atoms with van der Waals surface area (Å²) in [7, 11) is -1.24. The van der Waals surface area contributed by atoms with E-state index >= 15 is 0 Å². The Morgan fingerprint density at radius 3 is 2.35 bits per heavy atom. The molecule has 0 unspecified atom stereocenters. The number of nitrogens with zero attached hydrogens (tertiary/aromatic N) is 2. The smallest absolute Gasteiger partial charge is 0.337 e. The Labute approximate surface area is 182 Å². The minimum Gasteiger partial charge on any atom is -0.497 e. The van der Waals surface area contributed by atoms with E-state index in [-0.39, 0.29) is 21.9 Å². The molecule has 0 amide bonds. The number of anilines is 2. The lowest BCUT2D eigenvalue weighted by atomic mass is 10.1. The maximum absolute atomic E-state index is 13.0. The predicted octanol–water partition coefficient (Wildman–Crippen LogP) is 2.34. The molecule has 10 heteroatoms. The number of sulfonamides is 1. The fourth-order valence-corrected chi connectivity index (χ4v) is 4.79. The molecule has 0 atom stereocenters. The van der Waals surface area contributed by atoms with Crippen molar-refractivity contribution in [1.82, 2.24) is 4.90 Å². The van der Waals surface area contributed by atoms with Gasteiger partial charge in [0.05, 0.1) is 25.5 Å². The Bertz CT molecular complexity index is 1050. The average molecular weight is 450 g/mol. The quantitative estimate of drug-likeness (QED) is 0.632. The summed E-state index contributed by atoms with van der Waals surface area (Å²) in [5.74, 6) is -0.612. The van der Waals surface area contributed by atoms with Crippen LogP contribution in [-0.4, -0.2) is 71.3 Å². The molecule has 0 radical (unpaired) electrons. The van der Waals surface area contributed by atoms with Crippen molar-refractivity contribution in [2.45, 2.75) is 11.8 Å². The number of ether oxygens (including phenoxy) is 2. The van der Waals surface area contributed by atoms with Gasteiger partial charge < -0.3 is 24.4 Å². The van der Waals surface area contributed by atoms with Gasteiger partial charge in [-0.3, -0.25) is 4.72 Å². The number of likely N-dealkylation sites (N-methyl/N-ethyl adjacent to an activating group) is 1. The van der Waals surface area contributed by atoms with E-state index in [1.165, 1.54) is 32.4 Å². The fraction of sp³-hybridized carbons (Fsp3) is 0.381. The minimum absolute atomic E-state index is 0.0442. The Balaban J connectivity index is 1.90. The van der Waals surface area contributed by atoms with Crippen LogP contribution < -0.4 is 19.1 Å². The molecular weight excluding hydrogens is 422 g/mol. The number of hydrogen-bond acceptors (Lipinski definition) is 7. The molecule has 0 bridgehead atoms. The van der Waals surface area contributed by atoms with Crippen LogP contribution in [0.25, 0.3) is 0 Å². The van der Waals surface area contributed by atoms with Crippen LogP contribution >= 0.6 is 0 Å². The zero-order valence-corrected chi connectivity index (χ0v) is 18.6. The third-order valence-corrected chi connectivity index (χ3v) is 6.70. The SMILES string of the molecule is CCN1CCN(c2ccc(NS(=O)(=O)c3cc(OC)ccc3OC)cc2C(=O)O)CC1. The summed E-state index contributed by atoms with van der Waals surface area (Å²) < 4.78 is 38.7. The molecule has 1 aliphatic rings. The summed E-state index contributed by atoms with van der Waals surface area (Å²) in [5, 5.41) is 9.73. The highest BCUT2D eigenvalue weighted by Crippen LogP contribution is 2.31. The van der Waals surface area contributed by atoms with Crippen molar-refractivity contribution in [3.8, 4) is 11.5 Å². The van der Waals surface area contributed by atoms with Crippen LogP contribution in [0.4, 0.5) is 11.4 Å². The number of rotatable bonds is 8. The van der Waals surface area contributed by atoms with Gasteiger partial charge in [0.15, 0.2) is 0 Å². The van der Waals surface area contributed by atoms with E-state index in [9.17, 15) is 18.3 Å². The fourth-order valence-electron chi connectivity index (χ4n) is 3.56. The molecule has 31 heavy (non-hydrogen) atoms. The highest BCUT2D eigenvalue weighted by Gasteiger charge is 2.24. The molecule has 3 rings (SSSR count). The van der Waals surface area contributed by atoms with Crippen LogP contribution in [0.1, 0.15) is 17.3 Å². The van der Waals surface area contributed by atoms with Crippen LogP contribution in [-0.2, 0) is 10.0 Å². The molecule has 2 N–H and O–H groups in total. The van der Waals surface area contributed by atoms with E-state index in [2.05, 4.69) is 16.5 Å². The second-order valence-corrected chi connectivity index (χ2v) is 8.73. The summed E-state index contributed by atoms with van der Waals surface area (Å²) in [5.41, 5.74) is 0.770. The van der Waals surface area contributed by atoms with Crippen LogP contribution in [0.15, 0.2) is 41.3 Å². The Hall–Kier alpha value is -2.98. The van der Waals surface area contributed by atoms with Gasteiger partial charge in [-0.25, -0.2) is 13.2 Å². The van der Waals surface area contributed by atoms with Crippen LogP contribution in [0, 0.1) is 0 Å². The lowest BCUT2D eigenvalue weighted by Crippen LogP contribution is -2.46. The van der Waals surface area contributed by atoms with Gasteiger partial charge >= 0.3 is 5.97 Å². The maximum Gasteiger partial charge on any atom is 0.337 e. The van der Waals surface area contributed by atoms with Crippen molar-refractivity contribution < 1.29 is 27.8 Å². The number of carboxylic acids is 1. The number of carbonyl (C=O) groups is 1. The number of carboxylic acid groups (broad SMARTS) is 1. The first-order valence-electron chi connectivity index (χ1n) is 9.88. The second-order valence-electron chi connectivity index (χ2n) is 7.08. The molecule has 2 aromatic rings. The molecule has 9 nitrogen and oxygen atoms in total. The third-order valence-electron chi connectivity index (χ3n) is 5.30. The summed E-state index contributed by atoms with van der Waals surface area (Å²) >= 11 is 0. The van der Waals surface area contributed by atoms with E-state index in [0.29, 0.717) is 24.5 Å². The monoisotopic (exact) mass is 449 g/mol. The highest BCUT2D eigenvalue weighted by molar-refractivity contribution is 7.92. The van der Waals surface area contributed by atoms with Gasteiger partial charge in [-0.1, -0.05) is 6.92 Å². The van der Waals surface area contributed by atoms with Gasteiger partial charge in [0, 0.05) is 37.9 Å². The number of piperazine rings is 1. The van der Waals surface area contributed by atoms with Crippen LogP contribution in [0.5, 0.6) is 11.5 Å². The third kappa shape index (κ3) is 5.02. The van der Waals surface area contributed by atoms with Crippen molar-refractivity contribution in [2.75, 3.05) is 56.6 Å². The van der Waals surface area contributed by atoms with E-state index in [0.717, 1.165) is 19.6 Å². The molecule has 168 valence electrons. The summed E-state index contributed by atoms with van der Waals surface area (Å²) in [6, 6.07) is 8.99. The zero-order valence-electron chi connectivity index (χ0n) is 17.8. The molecule has 1 heterocycles. The molecule has 2 aromatic carbocycles. The molecule has 0 saturated carbocycles. The van der Waals surface area contributed by atoms with Crippen molar-refractivity contribution >= 4 is 27.4 Å². The largest absolute Gasteiger partial charge is 0.497 e. The topological polar surface area (TPSA) is 108 Å². The standard InChI is InChI=1S/C21H27N3O6S/c1-4-23-9-11-24(12-10-23)18-7-5-15(13-17(18)21(25)26)22-31(27,28)20-14-16(29-2)6-8-19(20)30-3/h5-8,13-14,22H,4,9-12H2,1-3H3,(H,25,26). The molecule has 1 saturated heterocycles. The predicted molar refractivity (Wildman–Crippen MR) is 118 cm³/mol. The van der Waals surface area contributed by atoms with E-state index in [4.69, 9.17) is 9.47 Å². The molecule has 0 aliphatic carbocycles. The molecule has 1 aliphatic heterocycles. The van der Waals surface area contributed by atoms with Gasteiger partial charge in [0.1, 0.15) is 16.4 Å².